The Bertz CT molecular complexity index is 505. The quantitative estimate of drug-likeness (QED) is 0.787. The molecule has 2 N–H and O–H groups in total. The number of hydrogen-bond acceptors (Lipinski definition) is 5. The van der Waals surface area contributed by atoms with Crippen LogP contribution in [0.25, 0.3) is 0 Å². The average molecular weight is 262 g/mol. The van der Waals surface area contributed by atoms with Crippen LogP contribution in [0.1, 0.15) is 5.56 Å². The van der Waals surface area contributed by atoms with Crippen LogP contribution in [0.4, 0.5) is 16.6 Å². The van der Waals surface area contributed by atoms with Crippen molar-refractivity contribution in [1.82, 2.24) is 20.2 Å². The number of nitrogens with one attached hydrogen (secondary N) is 2. The fourth-order valence-corrected chi connectivity index (χ4v) is 2.67. The van der Waals surface area contributed by atoms with Crippen LogP contribution in [0.3, 0.4) is 0 Å². The number of hydrogen-bond donors (Lipinski definition) is 2. The van der Waals surface area contributed by atoms with Crippen LogP contribution < -0.4 is 15.5 Å². The second-order valence-corrected chi connectivity index (χ2v) is 4.93. The van der Waals surface area contributed by atoms with Crippen LogP contribution in [-0.2, 0) is 0 Å². The summed E-state index contributed by atoms with van der Waals surface area (Å²) in [5, 5.41) is 5.85. The normalized spacial score (nSPS) is 22.2. The van der Waals surface area contributed by atoms with Gasteiger partial charge in [-0.25, -0.2) is 9.78 Å². The molecule has 1 aromatic rings. The minimum atomic E-state index is 0.0555. The van der Waals surface area contributed by atoms with E-state index in [2.05, 4.69) is 25.5 Å². The van der Waals surface area contributed by atoms with E-state index in [-0.39, 0.29) is 12.1 Å². The Labute approximate surface area is 112 Å². The second kappa shape index (κ2) is 4.56. The predicted octanol–water partition coefficient (Wildman–Crippen LogP) is 0.0405. The molecule has 0 radical (unpaired) electrons. The summed E-state index contributed by atoms with van der Waals surface area (Å²) in [6, 6.07) is 0.300. The maximum absolute atomic E-state index is 11.6. The van der Waals surface area contributed by atoms with Crippen molar-refractivity contribution in [1.29, 1.82) is 0 Å². The summed E-state index contributed by atoms with van der Waals surface area (Å²) >= 11 is 0. The van der Waals surface area contributed by atoms with Crippen LogP contribution in [0.15, 0.2) is 6.20 Å². The van der Waals surface area contributed by atoms with Gasteiger partial charge in [0.25, 0.3) is 0 Å². The van der Waals surface area contributed by atoms with Gasteiger partial charge >= 0.3 is 6.03 Å². The predicted molar refractivity (Wildman–Crippen MR) is 72.4 cm³/mol. The zero-order valence-corrected chi connectivity index (χ0v) is 11.2. The van der Waals surface area contributed by atoms with E-state index in [1.54, 1.807) is 0 Å². The Hall–Kier alpha value is -2.05. The molecular weight excluding hydrogens is 244 g/mol. The second-order valence-electron chi connectivity index (χ2n) is 4.93. The largest absolute Gasteiger partial charge is 0.357 e. The molecule has 2 aliphatic rings. The van der Waals surface area contributed by atoms with Crippen LogP contribution in [0.5, 0.6) is 0 Å². The maximum Gasteiger partial charge on any atom is 0.317 e. The molecule has 2 saturated heterocycles. The fraction of sp³-hybridized carbons (Fsp3) is 0.583. The number of carbonyl (C=O) groups is 1. The summed E-state index contributed by atoms with van der Waals surface area (Å²) < 4.78 is 0. The van der Waals surface area contributed by atoms with E-state index in [0.29, 0.717) is 5.95 Å². The smallest absolute Gasteiger partial charge is 0.317 e. The number of amides is 2. The molecular formula is C12H18N6O. The van der Waals surface area contributed by atoms with Gasteiger partial charge in [-0.3, -0.25) is 0 Å². The Morgan fingerprint density at radius 1 is 1.47 bits per heavy atom. The number of fused-ring (bicyclic) bond motifs is 1. The van der Waals surface area contributed by atoms with Crippen molar-refractivity contribution in [2.75, 3.05) is 43.4 Å². The SMILES string of the molecule is CNc1ncc(C)c(N2CCN3C(=O)NCC3C2)n1. The summed E-state index contributed by atoms with van der Waals surface area (Å²) in [5.74, 6) is 1.59. The van der Waals surface area contributed by atoms with Gasteiger partial charge in [-0.2, -0.15) is 4.98 Å². The molecule has 0 spiro atoms. The maximum atomic E-state index is 11.6. The van der Waals surface area contributed by atoms with Crippen molar-refractivity contribution in [2.24, 2.45) is 0 Å². The molecule has 3 heterocycles. The summed E-state index contributed by atoms with van der Waals surface area (Å²) in [7, 11) is 1.81. The first-order valence-electron chi connectivity index (χ1n) is 6.50. The van der Waals surface area contributed by atoms with Crippen LogP contribution >= 0.6 is 0 Å². The average Bonchev–Trinajstić information content (AvgIpc) is 2.80. The number of rotatable bonds is 2. The molecule has 1 aromatic heterocycles. The summed E-state index contributed by atoms with van der Waals surface area (Å²) in [4.78, 5) is 24.5. The fourth-order valence-electron chi connectivity index (χ4n) is 2.67. The molecule has 102 valence electrons. The molecule has 3 rings (SSSR count). The molecule has 7 nitrogen and oxygen atoms in total. The lowest BCUT2D eigenvalue weighted by Gasteiger charge is -2.37. The van der Waals surface area contributed by atoms with Gasteiger partial charge in [-0.05, 0) is 6.92 Å². The van der Waals surface area contributed by atoms with Crippen molar-refractivity contribution < 1.29 is 4.79 Å². The molecule has 2 aliphatic heterocycles. The van der Waals surface area contributed by atoms with E-state index in [9.17, 15) is 4.79 Å². The molecule has 1 atom stereocenters. The minimum Gasteiger partial charge on any atom is -0.357 e. The summed E-state index contributed by atoms with van der Waals surface area (Å²) in [6.45, 7) is 5.11. The van der Waals surface area contributed by atoms with Crippen molar-refractivity contribution in [3.63, 3.8) is 0 Å². The number of nitrogens with zero attached hydrogens (tertiary/aromatic N) is 4. The Balaban J connectivity index is 1.82. The number of aryl methyl sites for hydroxylation is 1. The number of aromatic nitrogens is 2. The molecule has 0 aromatic carbocycles. The molecule has 2 amide bonds. The highest BCUT2D eigenvalue weighted by atomic mass is 16.2. The molecule has 19 heavy (non-hydrogen) atoms. The third-order valence-electron chi connectivity index (χ3n) is 3.70. The lowest BCUT2D eigenvalue weighted by molar-refractivity contribution is 0.197. The first kappa shape index (κ1) is 12.0. The van der Waals surface area contributed by atoms with Gasteiger partial charge in [0.15, 0.2) is 0 Å². The third kappa shape index (κ3) is 2.05. The van der Waals surface area contributed by atoms with Crippen molar-refractivity contribution in [3.8, 4) is 0 Å². The monoisotopic (exact) mass is 262 g/mol. The molecule has 7 heteroatoms. The third-order valence-corrected chi connectivity index (χ3v) is 3.70. The Morgan fingerprint density at radius 3 is 3.11 bits per heavy atom. The van der Waals surface area contributed by atoms with Gasteiger partial charge in [-0.1, -0.05) is 0 Å². The molecule has 0 saturated carbocycles. The number of carbonyl (C=O) groups excluding carboxylic acids is 1. The van der Waals surface area contributed by atoms with E-state index < -0.39 is 0 Å². The van der Waals surface area contributed by atoms with E-state index in [4.69, 9.17) is 0 Å². The molecule has 2 fully saturated rings. The minimum absolute atomic E-state index is 0.0555. The highest BCUT2D eigenvalue weighted by Crippen LogP contribution is 2.23. The highest BCUT2D eigenvalue weighted by Gasteiger charge is 2.36. The zero-order chi connectivity index (χ0) is 13.4. The van der Waals surface area contributed by atoms with Crippen molar-refractivity contribution in [3.05, 3.63) is 11.8 Å². The van der Waals surface area contributed by atoms with Crippen molar-refractivity contribution in [2.45, 2.75) is 13.0 Å². The van der Waals surface area contributed by atoms with Gasteiger partial charge in [0.2, 0.25) is 5.95 Å². The standard InChI is InChI=1S/C12H18N6O/c1-8-5-14-11(13-2)16-10(8)17-3-4-18-9(7-17)6-15-12(18)19/h5,9H,3-4,6-7H2,1-2H3,(H,15,19)(H,13,14,16). The lowest BCUT2D eigenvalue weighted by Crippen LogP contribution is -2.52. The van der Waals surface area contributed by atoms with Gasteiger partial charge in [0.1, 0.15) is 5.82 Å². The van der Waals surface area contributed by atoms with Crippen LogP contribution in [0, 0.1) is 6.92 Å². The molecule has 0 bridgehead atoms. The van der Waals surface area contributed by atoms with Gasteiger partial charge in [0, 0.05) is 45.0 Å². The van der Waals surface area contributed by atoms with Gasteiger partial charge in [-0.15, -0.1) is 0 Å². The van der Waals surface area contributed by atoms with E-state index >= 15 is 0 Å². The van der Waals surface area contributed by atoms with E-state index in [1.165, 1.54) is 0 Å². The van der Waals surface area contributed by atoms with Crippen LogP contribution in [-0.4, -0.2) is 60.2 Å². The Morgan fingerprint density at radius 2 is 2.32 bits per heavy atom. The Kier molecular flexibility index (Phi) is 2.88. The number of piperazine rings is 1. The van der Waals surface area contributed by atoms with Crippen molar-refractivity contribution >= 4 is 17.8 Å². The lowest BCUT2D eigenvalue weighted by atomic mass is 10.2. The zero-order valence-electron chi connectivity index (χ0n) is 11.2. The van der Waals surface area contributed by atoms with Crippen LogP contribution in [0.2, 0.25) is 0 Å². The summed E-state index contributed by atoms with van der Waals surface area (Å²) in [6.07, 6.45) is 1.83. The molecule has 1 unspecified atom stereocenters. The van der Waals surface area contributed by atoms with Gasteiger partial charge in [0.05, 0.1) is 6.04 Å². The highest BCUT2D eigenvalue weighted by molar-refractivity contribution is 5.77. The first-order valence-corrected chi connectivity index (χ1v) is 6.50. The van der Waals surface area contributed by atoms with E-state index in [0.717, 1.165) is 37.6 Å². The van der Waals surface area contributed by atoms with Gasteiger partial charge < -0.3 is 20.4 Å². The number of urea groups is 1. The number of anilines is 2. The topological polar surface area (TPSA) is 73.4 Å². The summed E-state index contributed by atoms with van der Waals surface area (Å²) in [5.41, 5.74) is 1.06. The first-order chi connectivity index (χ1) is 9.19. The molecule has 0 aliphatic carbocycles. The van der Waals surface area contributed by atoms with E-state index in [1.807, 2.05) is 25.1 Å².